The second-order valence-corrected chi connectivity index (χ2v) is 6.63. The number of carbonyl (C=O) groups excluding carboxylic acids is 1. The molecular formula is C19H23N3O4. The van der Waals surface area contributed by atoms with E-state index in [1.54, 1.807) is 24.2 Å². The van der Waals surface area contributed by atoms with Crippen LogP contribution in [0.15, 0.2) is 36.7 Å². The van der Waals surface area contributed by atoms with E-state index in [-0.39, 0.29) is 17.9 Å². The van der Waals surface area contributed by atoms with Gasteiger partial charge in [0, 0.05) is 12.2 Å². The topological polar surface area (TPSA) is 93.5 Å². The van der Waals surface area contributed by atoms with Crippen molar-refractivity contribution in [3.63, 3.8) is 0 Å². The zero-order valence-electron chi connectivity index (χ0n) is 14.7. The second-order valence-electron chi connectivity index (χ2n) is 6.63. The van der Waals surface area contributed by atoms with E-state index < -0.39 is 5.97 Å². The number of methoxy groups -OCH3 is 1. The molecule has 1 aliphatic carbocycles. The van der Waals surface area contributed by atoms with Crippen LogP contribution in [-0.2, 0) is 11.3 Å². The minimum atomic E-state index is -0.741. The van der Waals surface area contributed by atoms with E-state index >= 15 is 0 Å². The van der Waals surface area contributed by atoms with E-state index in [1.165, 1.54) is 0 Å². The molecule has 2 N–H and O–H groups in total. The number of hydrogen-bond acceptors (Lipinski definition) is 4. The van der Waals surface area contributed by atoms with Gasteiger partial charge in [0.2, 0.25) is 0 Å². The average Bonchev–Trinajstić information content (AvgIpc) is 3.11. The third-order valence-electron chi connectivity index (χ3n) is 4.81. The van der Waals surface area contributed by atoms with Gasteiger partial charge < -0.3 is 15.2 Å². The third-order valence-corrected chi connectivity index (χ3v) is 4.81. The number of aliphatic carboxylic acids is 1. The molecule has 3 rings (SSSR count). The molecule has 1 saturated carbocycles. The van der Waals surface area contributed by atoms with Gasteiger partial charge in [0.05, 0.1) is 31.3 Å². The highest BCUT2D eigenvalue weighted by Crippen LogP contribution is 2.24. The van der Waals surface area contributed by atoms with Crippen molar-refractivity contribution in [2.45, 2.75) is 38.3 Å². The molecule has 7 nitrogen and oxygen atoms in total. The molecule has 1 amide bonds. The van der Waals surface area contributed by atoms with Gasteiger partial charge in [-0.05, 0) is 43.4 Å². The number of carboxylic acid groups (broad SMARTS) is 1. The molecule has 0 aliphatic heterocycles. The van der Waals surface area contributed by atoms with Gasteiger partial charge in [0.15, 0.2) is 0 Å². The van der Waals surface area contributed by atoms with Crippen LogP contribution in [0, 0.1) is 5.92 Å². The summed E-state index contributed by atoms with van der Waals surface area (Å²) in [5, 5.41) is 16.3. The SMILES string of the molecule is COc1ccc(Cn2cc(C(=O)NC3CCC(C(=O)O)CC3)cn2)cc1. The van der Waals surface area contributed by atoms with Gasteiger partial charge in [-0.15, -0.1) is 0 Å². The van der Waals surface area contributed by atoms with Crippen LogP contribution in [0.25, 0.3) is 0 Å². The van der Waals surface area contributed by atoms with Crippen molar-refractivity contribution < 1.29 is 19.4 Å². The molecule has 0 radical (unpaired) electrons. The van der Waals surface area contributed by atoms with Crippen LogP contribution in [-0.4, -0.2) is 39.9 Å². The van der Waals surface area contributed by atoms with Gasteiger partial charge in [-0.1, -0.05) is 12.1 Å². The first-order valence-corrected chi connectivity index (χ1v) is 8.74. The molecule has 1 heterocycles. The lowest BCUT2D eigenvalue weighted by molar-refractivity contribution is -0.142. The molecule has 0 unspecified atom stereocenters. The fourth-order valence-electron chi connectivity index (χ4n) is 3.24. The lowest BCUT2D eigenvalue weighted by Gasteiger charge is -2.26. The summed E-state index contributed by atoms with van der Waals surface area (Å²) in [6, 6.07) is 7.73. The summed E-state index contributed by atoms with van der Waals surface area (Å²) in [6.45, 7) is 0.570. The summed E-state index contributed by atoms with van der Waals surface area (Å²) in [7, 11) is 1.63. The Morgan fingerprint density at radius 1 is 1.23 bits per heavy atom. The molecule has 0 atom stereocenters. The highest BCUT2D eigenvalue weighted by atomic mass is 16.5. The maximum absolute atomic E-state index is 12.4. The van der Waals surface area contributed by atoms with E-state index in [9.17, 15) is 9.59 Å². The molecule has 0 spiro atoms. The summed E-state index contributed by atoms with van der Waals surface area (Å²) >= 11 is 0. The standard InChI is InChI=1S/C19H23N3O4/c1-26-17-8-2-13(3-9-17)11-22-12-15(10-20-22)18(23)21-16-6-4-14(5-7-16)19(24)25/h2-3,8-10,12,14,16H,4-7,11H2,1H3,(H,21,23)(H,24,25). The van der Waals surface area contributed by atoms with Gasteiger partial charge in [0.1, 0.15) is 5.75 Å². The summed E-state index contributed by atoms with van der Waals surface area (Å²) < 4.78 is 6.86. The summed E-state index contributed by atoms with van der Waals surface area (Å²) in [4.78, 5) is 23.4. The van der Waals surface area contributed by atoms with Crippen molar-refractivity contribution >= 4 is 11.9 Å². The number of amides is 1. The van der Waals surface area contributed by atoms with E-state index in [2.05, 4.69) is 10.4 Å². The van der Waals surface area contributed by atoms with Crippen LogP contribution in [0.3, 0.4) is 0 Å². The Kier molecular flexibility index (Phi) is 5.55. The summed E-state index contributed by atoms with van der Waals surface area (Å²) in [5.41, 5.74) is 1.58. The first-order valence-electron chi connectivity index (χ1n) is 8.74. The molecule has 2 aromatic rings. The van der Waals surface area contributed by atoms with Crippen molar-refractivity contribution in [2.24, 2.45) is 5.92 Å². The molecular weight excluding hydrogens is 334 g/mol. The van der Waals surface area contributed by atoms with Crippen molar-refractivity contribution in [1.82, 2.24) is 15.1 Å². The minimum absolute atomic E-state index is 0.0306. The number of carbonyl (C=O) groups is 2. The molecule has 0 bridgehead atoms. The number of ether oxygens (including phenoxy) is 1. The number of benzene rings is 1. The number of hydrogen-bond donors (Lipinski definition) is 2. The fraction of sp³-hybridized carbons (Fsp3) is 0.421. The number of rotatable bonds is 6. The Hall–Kier alpha value is -2.83. The van der Waals surface area contributed by atoms with Crippen LogP contribution in [0.5, 0.6) is 5.75 Å². The van der Waals surface area contributed by atoms with Gasteiger partial charge in [-0.25, -0.2) is 0 Å². The van der Waals surface area contributed by atoms with Crippen LogP contribution < -0.4 is 10.1 Å². The zero-order valence-corrected chi connectivity index (χ0v) is 14.7. The van der Waals surface area contributed by atoms with Crippen LogP contribution in [0.1, 0.15) is 41.6 Å². The Bertz CT molecular complexity index is 761. The number of nitrogens with one attached hydrogen (secondary N) is 1. The Labute approximate surface area is 152 Å². The van der Waals surface area contributed by atoms with Gasteiger partial charge >= 0.3 is 5.97 Å². The molecule has 138 valence electrons. The lowest BCUT2D eigenvalue weighted by atomic mass is 9.86. The van der Waals surface area contributed by atoms with E-state index in [0.29, 0.717) is 37.8 Å². The van der Waals surface area contributed by atoms with Gasteiger partial charge in [-0.3, -0.25) is 14.3 Å². The van der Waals surface area contributed by atoms with E-state index in [0.717, 1.165) is 11.3 Å². The van der Waals surface area contributed by atoms with Crippen molar-refractivity contribution in [3.05, 3.63) is 47.8 Å². The first-order chi connectivity index (χ1) is 12.5. The molecule has 1 aromatic heterocycles. The van der Waals surface area contributed by atoms with Crippen molar-refractivity contribution in [1.29, 1.82) is 0 Å². The number of carboxylic acids is 1. The van der Waals surface area contributed by atoms with E-state index in [4.69, 9.17) is 9.84 Å². The molecule has 1 aromatic carbocycles. The smallest absolute Gasteiger partial charge is 0.306 e. The van der Waals surface area contributed by atoms with Gasteiger partial charge in [-0.2, -0.15) is 5.10 Å². The molecule has 1 aliphatic rings. The average molecular weight is 357 g/mol. The minimum Gasteiger partial charge on any atom is -0.497 e. The van der Waals surface area contributed by atoms with Gasteiger partial charge in [0.25, 0.3) is 5.91 Å². The Morgan fingerprint density at radius 3 is 2.54 bits per heavy atom. The highest BCUT2D eigenvalue weighted by Gasteiger charge is 2.27. The summed E-state index contributed by atoms with van der Waals surface area (Å²) in [5.74, 6) is -0.387. The quantitative estimate of drug-likeness (QED) is 0.827. The van der Waals surface area contributed by atoms with Crippen LogP contribution in [0.4, 0.5) is 0 Å². The predicted molar refractivity (Wildman–Crippen MR) is 95.2 cm³/mol. The predicted octanol–water partition coefficient (Wildman–Crippen LogP) is 2.31. The number of nitrogens with zero attached hydrogens (tertiary/aromatic N) is 2. The van der Waals surface area contributed by atoms with Crippen LogP contribution >= 0.6 is 0 Å². The Balaban J connectivity index is 1.53. The monoisotopic (exact) mass is 357 g/mol. The Morgan fingerprint density at radius 2 is 1.92 bits per heavy atom. The number of aromatic nitrogens is 2. The van der Waals surface area contributed by atoms with Crippen molar-refractivity contribution in [2.75, 3.05) is 7.11 Å². The molecule has 7 heteroatoms. The van der Waals surface area contributed by atoms with Crippen molar-refractivity contribution in [3.8, 4) is 5.75 Å². The molecule has 26 heavy (non-hydrogen) atoms. The maximum Gasteiger partial charge on any atom is 0.306 e. The largest absolute Gasteiger partial charge is 0.497 e. The summed E-state index contributed by atoms with van der Waals surface area (Å²) in [6.07, 6.45) is 5.89. The van der Waals surface area contributed by atoms with E-state index in [1.807, 2.05) is 24.3 Å². The molecule has 1 fully saturated rings. The second kappa shape index (κ2) is 8.03. The normalized spacial score (nSPS) is 19.7. The van der Waals surface area contributed by atoms with Crippen LogP contribution in [0.2, 0.25) is 0 Å². The molecule has 0 saturated heterocycles. The highest BCUT2D eigenvalue weighted by molar-refractivity contribution is 5.93. The maximum atomic E-state index is 12.4. The first kappa shape index (κ1) is 18.0. The lowest BCUT2D eigenvalue weighted by Crippen LogP contribution is -2.38. The third kappa shape index (κ3) is 4.41. The fourth-order valence-corrected chi connectivity index (χ4v) is 3.24. The zero-order chi connectivity index (χ0) is 18.5.